The lowest BCUT2D eigenvalue weighted by Crippen LogP contribution is -2.78. The van der Waals surface area contributed by atoms with E-state index >= 15 is 0 Å². The van der Waals surface area contributed by atoms with E-state index in [0.29, 0.717) is 53.8 Å². The summed E-state index contributed by atoms with van der Waals surface area (Å²) in [6.07, 6.45) is 12.7. The summed E-state index contributed by atoms with van der Waals surface area (Å²) in [6.45, 7) is 23.6. The van der Waals surface area contributed by atoms with Gasteiger partial charge in [0.15, 0.2) is 24.3 Å². The third-order valence-electron chi connectivity index (χ3n) is 22.6. The minimum absolute atomic E-state index is 0.000451. The van der Waals surface area contributed by atoms with Crippen molar-refractivity contribution in [3.63, 3.8) is 0 Å². The van der Waals surface area contributed by atoms with Gasteiger partial charge in [-0.1, -0.05) is 20.8 Å². The molecule has 17 rings (SSSR count). The molecule has 17 fully saturated rings. The van der Waals surface area contributed by atoms with Crippen LogP contribution in [0.5, 0.6) is 0 Å². The number of rotatable bonds is 9. The molecule has 14 saturated carbocycles. The van der Waals surface area contributed by atoms with Crippen LogP contribution in [0.3, 0.4) is 0 Å². The number of esters is 4. The van der Waals surface area contributed by atoms with E-state index in [2.05, 4.69) is 20.8 Å². The Kier molecular flexibility index (Phi) is 11.0. The van der Waals surface area contributed by atoms with Crippen LogP contribution in [0.4, 0.5) is 0 Å². The Labute approximate surface area is 405 Å². The minimum atomic E-state index is -1.07. The molecule has 16 bridgehead atoms. The number of carbonyl (C=O) groups is 4. The highest BCUT2D eigenvalue weighted by atomic mass is 16.9. The monoisotopic (exact) mass is 949 g/mol. The summed E-state index contributed by atoms with van der Waals surface area (Å²) in [5.41, 5.74) is -2.22. The molecular weight excluding hydrogens is 865 g/mol. The Hall–Kier alpha value is -2.28. The number of carbonyl (C=O) groups excluding carboxylic acids is 4. The van der Waals surface area contributed by atoms with Crippen LogP contribution in [0.1, 0.15) is 173 Å². The van der Waals surface area contributed by atoms with Crippen molar-refractivity contribution in [2.24, 2.45) is 99.1 Å². The zero-order valence-corrected chi connectivity index (χ0v) is 43.3. The first-order valence-electron chi connectivity index (χ1n) is 27.4. The maximum Gasteiger partial charge on any atom is 0.350 e. The molecule has 1 N–H and O–H groups in total. The van der Waals surface area contributed by atoms with Crippen molar-refractivity contribution < 1.29 is 57.4 Å². The quantitative estimate of drug-likeness (QED) is 0.173. The molecule has 0 spiro atoms. The van der Waals surface area contributed by atoms with Crippen molar-refractivity contribution in [2.75, 3.05) is 0 Å². The Morgan fingerprint density at radius 2 is 1.10 bits per heavy atom. The zero-order valence-electron chi connectivity index (χ0n) is 43.3. The molecule has 14 unspecified atom stereocenters. The maximum atomic E-state index is 12.9. The average molecular weight is 949 g/mol. The largest absolute Gasteiger partial charge is 0.458 e. The first kappa shape index (κ1) is 48.0. The standard InChI is InChI=1S/C21H32O2.C20H30O3.C15H22O7/c1-5-20(2,3)19(22)23-21(4)12-9-14-13-6-11-7-16(14)18(21)17(8-11)15(13)10-12;1-4-18(2,3)17(21)23-20-10-12-5-13-15(20)7-11-8-16(20)14(6-12)19(13,22)9-11;1-6-14(2,3)13(17)20-9-7-8(18-11(9)16)10-12(19-7)22-15(4,5)21-10/h11-18H,5-10H2,1-4H3;11-16,22H,4-10H2,1-3H3;7-10,12H,6H2,1-5H3. The van der Waals surface area contributed by atoms with E-state index in [9.17, 15) is 24.3 Å². The molecular formula is C56H84O12. The van der Waals surface area contributed by atoms with Gasteiger partial charge in [-0.05, 0) is 217 Å². The molecule has 14 atom stereocenters. The van der Waals surface area contributed by atoms with E-state index in [-0.39, 0.29) is 28.6 Å². The zero-order chi connectivity index (χ0) is 48.6. The predicted octanol–water partition coefficient (Wildman–Crippen LogP) is 9.35. The molecule has 12 heteroatoms. The highest BCUT2D eigenvalue weighted by Gasteiger charge is 2.77. The molecule has 12 nitrogen and oxygen atoms in total. The van der Waals surface area contributed by atoms with E-state index < -0.39 is 64.9 Å². The predicted molar refractivity (Wildman–Crippen MR) is 249 cm³/mol. The molecule has 68 heavy (non-hydrogen) atoms. The fraction of sp³-hybridized carbons (Fsp3) is 0.929. The third kappa shape index (κ3) is 6.89. The first-order chi connectivity index (χ1) is 31.8. The summed E-state index contributed by atoms with van der Waals surface area (Å²) in [6, 6.07) is 0. The summed E-state index contributed by atoms with van der Waals surface area (Å²) >= 11 is 0. The molecule has 0 aromatic heterocycles. The van der Waals surface area contributed by atoms with Crippen molar-refractivity contribution in [3.8, 4) is 0 Å². The Morgan fingerprint density at radius 3 is 1.68 bits per heavy atom. The van der Waals surface area contributed by atoms with Crippen LogP contribution in [0.25, 0.3) is 0 Å². The van der Waals surface area contributed by atoms with Gasteiger partial charge in [0.05, 0.1) is 21.8 Å². The molecule has 0 radical (unpaired) electrons. The molecule has 380 valence electrons. The van der Waals surface area contributed by atoms with Crippen LogP contribution in [-0.2, 0) is 52.3 Å². The van der Waals surface area contributed by atoms with Crippen molar-refractivity contribution >= 4 is 23.9 Å². The molecule has 3 heterocycles. The molecule has 17 aliphatic rings. The lowest BCUT2D eigenvalue weighted by Gasteiger charge is -2.75. The second kappa shape index (κ2) is 15.6. The highest BCUT2D eigenvalue weighted by Crippen LogP contribution is 2.76. The van der Waals surface area contributed by atoms with Crippen LogP contribution in [0.15, 0.2) is 0 Å². The number of ether oxygens (including phenoxy) is 7. The summed E-state index contributed by atoms with van der Waals surface area (Å²) in [7, 11) is 0. The number of aliphatic hydroxyl groups is 1. The molecule has 0 aromatic rings. The van der Waals surface area contributed by atoms with Gasteiger partial charge in [-0.25, -0.2) is 4.79 Å². The van der Waals surface area contributed by atoms with Crippen LogP contribution in [0.2, 0.25) is 0 Å². The van der Waals surface area contributed by atoms with Crippen molar-refractivity contribution in [3.05, 3.63) is 0 Å². The van der Waals surface area contributed by atoms with Crippen LogP contribution in [0, 0.1) is 99.1 Å². The Morgan fingerprint density at radius 1 is 0.603 bits per heavy atom. The summed E-state index contributed by atoms with van der Waals surface area (Å²) in [5.74, 6) is 8.24. The van der Waals surface area contributed by atoms with Crippen LogP contribution >= 0.6 is 0 Å². The maximum absolute atomic E-state index is 12.9. The molecule has 3 aliphatic heterocycles. The summed E-state index contributed by atoms with van der Waals surface area (Å²) in [5, 5.41) is 11.4. The molecule has 0 amide bonds. The van der Waals surface area contributed by atoms with Gasteiger partial charge in [0.25, 0.3) is 0 Å². The first-order valence-corrected chi connectivity index (χ1v) is 27.4. The van der Waals surface area contributed by atoms with Crippen molar-refractivity contribution in [1.82, 2.24) is 0 Å². The van der Waals surface area contributed by atoms with Gasteiger partial charge >= 0.3 is 23.9 Å². The van der Waals surface area contributed by atoms with Gasteiger partial charge < -0.3 is 38.3 Å². The fourth-order valence-electron chi connectivity index (χ4n) is 18.2. The molecule has 3 saturated heterocycles. The van der Waals surface area contributed by atoms with E-state index in [1.165, 1.54) is 57.8 Å². The normalized spacial score (nSPS) is 50.2. The summed E-state index contributed by atoms with van der Waals surface area (Å²) in [4.78, 5) is 50.0. The SMILES string of the molecule is CCC(C)(C)C(=O)OC1(C)C2CC3C4CC5CC3C1C(C5)C4C2.CCC(C)(C)C(=O)OC12CC3CC4C1CC1CC2C(C3)C4(O)C1.CCC(C)(C)C(=O)OC1C(=O)OC2C3OC(C)(C)OC3OC12. The van der Waals surface area contributed by atoms with Crippen molar-refractivity contribution in [1.29, 1.82) is 0 Å². The van der Waals surface area contributed by atoms with E-state index in [0.717, 1.165) is 61.2 Å². The van der Waals surface area contributed by atoms with E-state index in [1.54, 1.807) is 27.7 Å². The van der Waals surface area contributed by atoms with Gasteiger partial charge in [-0.15, -0.1) is 0 Å². The van der Waals surface area contributed by atoms with Gasteiger partial charge in [0, 0.05) is 17.8 Å². The van der Waals surface area contributed by atoms with E-state index in [1.807, 2.05) is 34.6 Å². The van der Waals surface area contributed by atoms with Gasteiger partial charge in [0.1, 0.15) is 17.3 Å². The average Bonchev–Trinajstić information content (AvgIpc) is 3.88. The van der Waals surface area contributed by atoms with Gasteiger partial charge in [0.2, 0.25) is 6.10 Å². The number of hydrogen-bond acceptors (Lipinski definition) is 12. The third-order valence-corrected chi connectivity index (χ3v) is 22.6. The Balaban J connectivity index is 0.000000112. The van der Waals surface area contributed by atoms with Crippen LogP contribution < -0.4 is 0 Å². The van der Waals surface area contributed by atoms with E-state index in [4.69, 9.17) is 33.2 Å². The second-order valence-electron chi connectivity index (χ2n) is 27.5. The molecule has 14 aliphatic carbocycles. The number of fused-ring (bicyclic) bond motifs is 3. The van der Waals surface area contributed by atoms with Crippen LogP contribution in [-0.4, -0.2) is 82.3 Å². The van der Waals surface area contributed by atoms with Gasteiger partial charge in [-0.3, -0.25) is 14.4 Å². The number of hydrogen-bond donors (Lipinski definition) is 1. The van der Waals surface area contributed by atoms with Gasteiger partial charge in [-0.2, -0.15) is 0 Å². The topological polar surface area (TPSA) is 153 Å². The minimum Gasteiger partial charge on any atom is -0.458 e. The Bertz CT molecular complexity index is 2030. The lowest BCUT2D eigenvalue weighted by atomic mass is 9.32. The van der Waals surface area contributed by atoms with Crippen molar-refractivity contribution in [2.45, 2.75) is 226 Å². The smallest absolute Gasteiger partial charge is 0.350 e. The summed E-state index contributed by atoms with van der Waals surface area (Å²) < 4.78 is 40.5. The fourth-order valence-corrected chi connectivity index (χ4v) is 18.2. The second-order valence-corrected chi connectivity index (χ2v) is 27.5. The highest BCUT2D eigenvalue weighted by molar-refractivity contribution is 5.84. The molecule has 0 aromatic carbocycles. The lowest BCUT2D eigenvalue weighted by molar-refractivity contribution is -0.345.